The van der Waals surface area contributed by atoms with Crippen LogP contribution in [0.15, 0.2) is 48.5 Å². The third-order valence-electron chi connectivity index (χ3n) is 3.37. The maximum absolute atomic E-state index is 12.9. The van der Waals surface area contributed by atoms with Crippen LogP contribution in [-0.4, -0.2) is 5.78 Å². The van der Waals surface area contributed by atoms with Crippen LogP contribution in [-0.2, 0) is 17.6 Å². The zero-order chi connectivity index (χ0) is 14.5. The summed E-state index contributed by atoms with van der Waals surface area (Å²) in [7, 11) is 0. The molecule has 104 valence electrons. The summed E-state index contributed by atoms with van der Waals surface area (Å²) in [6, 6.07) is 12.3. The number of rotatable bonds is 5. The fourth-order valence-corrected chi connectivity index (χ4v) is 2.17. The van der Waals surface area contributed by atoms with Gasteiger partial charge in [-0.05, 0) is 55.2 Å². The Kier molecular flexibility index (Phi) is 4.61. The van der Waals surface area contributed by atoms with Crippen molar-refractivity contribution in [1.29, 1.82) is 0 Å². The van der Waals surface area contributed by atoms with Crippen LogP contribution in [0.2, 0.25) is 0 Å². The van der Waals surface area contributed by atoms with Crippen LogP contribution in [0, 0.1) is 17.6 Å². The van der Waals surface area contributed by atoms with Gasteiger partial charge in [-0.15, -0.1) is 0 Å². The molecule has 3 heteroatoms. The second-order valence-corrected chi connectivity index (χ2v) is 4.97. The van der Waals surface area contributed by atoms with Crippen LogP contribution in [0.3, 0.4) is 0 Å². The molecule has 0 atom stereocenters. The van der Waals surface area contributed by atoms with Gasteiger partial charge in [0.25, 0.3) is 0 Å². The summed E-state index contributed by atoms with van der Waals surface area (Å²) in [6.07, 6.45) is 1.12. The van der Waals surface area contributed by atoms with E-state index in [2.05, 4.69) is 0 Å². The lowest BCUT2D eigenvalue weighted by molar-refractivity contribution is -0.120. The van der Waals surface area contributed by atoms with Crippen LogP contribution in [0.5, 0.6) is 0 Å². The van der Waals surface area contributed by atoms with Crippen molar-refractivity contribution in [3.63, 3.8) is 0 Å². The summed E-state index contributed by atoms with van der Waals surface area (Å²) in [5.41, 5.74) is 1.85. The average molecular weight is 274 g/mol. The number of halogens is 2. The van der Waals surface area contributed by atoms with Crippen molar-refractivity contribution >= 4 is 5.78 Å². The molecule has 0 aliphatic heterocycles. The third-order valence-corrected chi connectivity index (χ3v) is 3.37. The van der Waals surface area contributed by atoms with Crippen molar-refractivity contribution < 1.29 is 13.6 Å². The molecule has 2 aromatic rings. The predicted molar refractivity (Wildman–Crippen MR) is 74.4 cm³/mol. The smallest absolute Gasteiger partial charge is 0.133 e. The highest BCUT2D eigenvalue weighted by Gasteiger charge is 2.15. The summed E-state index contributed by atoms with van der Waals surface area (Å²) in [4.78, 5) is 11.7. The first-order valence-corrected chi connectivity index (χ1v) is 6.54. The molecule has 0 radical (unpaired) electrons. The Bertz CT molecular complexity index is 525. The maximum atomic E-state index is 12.9. The minimum Gasteiger partial charge on any atom is -0.300 e. The minimum absolute atomic E-state index is 0.0821. The van der Waals surface area contributed by atoms with Crippen molar-refractivity contribution in [3.05, 3.63) is 71.3 Å². The van der Waals surface area contributed by atoms with Gasteiger partial charge in [0, 0.05) is 5.92 Å². The molecule has 0 saturated carbocycles. The Morgan fingerprint density at radius 3 is 1.50 bits per heavy atom. The van der Waals surface area contributed by atoms with E-state index in [1.807, 2.05) is 0 Å². The van der Waals surface area contributed by atoms with Crippen molar-refractivity contribution in [2.75, 3.05) is 0 Å². The molecule has 0 aromatic heterocycles. The Balaban J connectivity index is 2.09. The lowest BCUT2D eigenvalue weighted by Gasteiger charge is -2.14. The number of carbonyl (C=O) groups is 1. The van der Waals surface area contributed by atoms with Crippen LogP contribution >= 0.6 is 0 Å². The molecule has 0 N–H and O–H groups in total. The Hall–Kier alpha value is -2.03. The highest BCUT2D eigenvalue weighted by Crippen LogP contribution is 2.17. The first-order chi connectivity index (χ1) is 9.54. The first-order valence-electron chi connectivity index (χ1n) is 6.54. The number of carbonyl (C=O) groups excluding carboxylic acids is 1. The Labute approximate surface area is 117 Å². The van der Waals surface area contributed by atoms with Gasteiger partial charge in [0.15, 0.2) is 0 Å². The van der Waals surface area contributed by atoms with Gasteiger partial charge in [-0.1, -0.05) is 24.3 Å². The number of hydrogen-bond acceptors (Lipinski definition) is 1. The second-order valence-electron chi connectivity index (χ2n) is 4.97. The van der Waals surface area contributed by atoms with Crippen LogP contribution in [0.1, 0.15) is 18.1 Å². The van der Waals surface area contributed by atoms with Crippen molar-refractivity contribution in [1.82, 2.24) is 0 Å². The average Bonchev–Trinajstić information content (AvgIpc) is 2.42. The summed E-state index contributed by atoms with van der Waals surface area (Å²) in [6.45, 7) is 1.55. The van der Waals surface area contributed by atoms with E-state index in [1.165, 1.54) is 24.3 Å². The molecule has 1 nitrogen and oxygen atoms in total. The molecule has 0 amide bonds. The molecule has 0 heterocycles. The van der Waals surface area contributed by atoms with Gasteiger partial charge < -0.3 is 0 Å². The highest BCUT2D eigenvalue weighted by molar-refractivity contribution is 5.78. The summed E-state index contributed by atoms with van der Waals surface area (Å²) < 4.78 is 25.7. The van der Waals surface area contributed by atoms with Crippen molar-refractivity contribution in [2.24, 2.45) is 5.92 Å². The number of benzene rings is 2. The fourth-order valence-electron chi connectivity index (χ4n) is 2.17. The lowest BCUT2D eigenvalue weighted by Crippen LogP contribution is -2.17. The molecule has 0 unspecified atom stereocenters. The Morgan fingerprint density at radius 2 is 1.20 bits per heavy atom. The molecule has 20 heavy (non-hydrogen) atoms. The topological polar surface area (TPSA) is 17.1 Å². The SMILES string of the molecule is CC(=O)C(Cc1ccc(F)cc1)Cc1ccc(F)cc1. The molecular weight excluding hydrogens is 258 g/mol. The lowest BCUT2D eigenvalue weighted by atomic mass is 9.90. The van der Waals surface area contributed by atoms with Gasteiger partial charge in [-0.25, -0.2) is 8.78 Å². The molecule has 0 saturated heterocycles. The van der Waals surface area contributed by atoms with E-state index in [0.29, 0.717) is 12.8 Å². The summed E-state index contributed by atoms with van der Waals surface area (Å²) in [5.74, 6) is -0.664. The van der Waals surface area contributed by atoms with E-state index in [9.17, 15) is 13.6 Å². The van der Waals surface area contributed by atoms with E-state index in [-0.39, 0.29) is 23.3 Å². The van der Waals surface area contributed by atoms with Crippen LogP contribution in [0.25, 0.3) is 0 Å². The molecule has 0 spiro atoms. The second kappa shape index (κ2) is 6.42. The summed E-state index contributed by atoms with van der Waals surface area (Å²) >= 11 is 0. The number of hydrogen-bond donors (Lipinski definition) is 0. The summed E-state index contributed by atoms with van der Waals surface area (Å²) in [5, 5.41) is 0. The van der Waals surface area contributed by atoms with Crippen molar-refractivity contribution in [3.8, 4) is 0 Å². The monoisotopic (exact) mass is 274 g/mol. The molecule has 0 fully saturated rings. The largest absolute Gasteiger partial charge is 0.300 e. The van der Waals surface area contributed by atoms with E-state index in [4.69, 9.17) is 0 Å². The van der Waals surface area contributed by atoms with E-state index in [1.54, 1.807) is 31.2 Å². The van der Waals surface area contributed by atoms with Gasteiger partial charge in [0.1, 0.15) is 17.4 Å². The predicted octanol–water partition coefficient (Wildman–Crippen LogP) is 3.96. The van der Waals surface area contributed by atoms with E-state index >= 15 is 0 Å². The zero-order valence-corrected chi connectivity index (χ0v) is 11.3. The molecule has 2 aromatic carbocycles. The Morgan fingerprint density at radius 1 is 0.850 bits per heavy atom. The molecule has 0 bridgehead atoms. The third kappa shape index (κ3) is 3.98. The number of ketones is 1. The van der Waals surface area contributed by atoms with Gasteiger partial charge in [0.05, 0.1) is 0 Å². The zero-order valence-electron chi connectivity index (χ0n) is 11.3. The van der Waals surface area contributed by atoms with Gasteiger partial charge in [-0.2, -0.15) is 0 Å². The van der Waals surface area contributed by atoms with E-state index < -0.39 is 0 Å². The minimum atomic E-state index is -0.286. The normalized spacial score (nSPS) is 10.8. The fraction of sp³-hybridized carbons (Fsp3) is 0.235. The quantitative estimate of drug-likeness (QED) is 0.806. The first kappa shape index (κ1) is 14.4. The highest BCUT2D eigenvalue weighted by atomic mass is 19.1. The number of Topliss-reactive ketones (excluding diaryl/α,β-unsaturated/α-hetero) is 1. The molecule has 2 rings (SSSR count). The van der Waals surface area contributed by atoms with Gasteiger partial charge in [0.2, 0.25) is 0 Å². The standard InChI is InChI=1S/C17H16F2O/c1-12(20)15(10-13-2-6-16(18)7-3-13)11-14-4-8-17(19)9-5-14/h2-9,15H,10-11H2,1H3. The van der Waals surface area contributed by atoms with Crippen molar-refractivity contribution in [2.45, 2.75) is 19.8 Å². The van der Waals surface area contributed by atoms with Gasteiger partial charge in [-0.3, -0.25) is 4.79 Å². The molecule has 0 aliphatic rings. The molecular formula is C17H16F2O. The van der Waals surface area contributed by atoms with Crippen LogP contribution in [0.4, 0.5) is 8.78 Å². The van der Waals surface area contributed by atoms with Gasteiger partial charge >= 0.3 is 0 Å². The maximum Gasteiger partial charge on any atom is 0.133 e. The van der Waals surface area contributed by atoms with Crippen LogP contribution < -0.4 is 0 Å². The molecule has 0 aliphatic carbocycles. The van der Waals surface area contributed by atoms with E-state index in [0.717, 1.165) is 11.1 Å².